The summed E-state index contributed by atoms with van der Waals surface area (Å²) >= 11 is 0. The molecule has 0 aromatic carbocycles. The van der Waals surface area contributed by atoms with Gasteiger partial charge in [-0.1, -0.05) is 0 Å². The Bertz CT molecular complexity index is 488. The zero-order valence-corrected chi connectivity index (χ0v) is 9.78. The molecule has 1 fully saturated rings. The quantitative estimate of drug-likeness (QED) is 0.848. The van der Waals surface area contributed by atoms with Crippen LogP contribution >= 0.6 is 0 Å². The number of fused-ring (bicyclic) bond motifs is 1. The van der Waals surface area contributed by atoms with Crippen molar-refractivity contribution >= 4 is 16.8 Å². The minimum absolute atomic E-state index is 0.672. The summed E-state index contributed by atoms with van der Waals surface area (Å²) in [5.41, 5.74) is 0.890. The number of furan rings is 1. The topological polar surface area (TPSA) is 50.1 Å². The molecule has 1 atom stereocenters. The molecule has 1 unspecified atom stereocenters. The standard InChI is InChI=1S/C13H17N3O/c1-2-10(14-6-1)3-7-15-13-11-5-9-17-12(11)4-8-16-13/h4-5,8-10,14H,1-3,6-7H2,(H,15,16). The molecule has 4 heteroatoms. The van der Waals surface area contributed by atoms with Gasteiger partial charge in [0, 0.05) is 18.8 Å². The van der Waals surface area contributed by atoms with Crippen LogP contribution in [-0.2, 0) is 0 Å². The van der Waals surface area contributed by atoms with Crippen LogP contribution in [0.25, 0.3) is 11.0 Å². The summed E-state index contributed by atoms with van der Waals surface area (Å²) in [6.45, 7) is 2.12. The van der Waals surface area contributed by atoms with E-state index in [2.05, 4.69) is 15.6 Å². The molecule has 0 saturated carbocycles. The van der Waals surface area contributed by atoms with Gasteiger partial charge >= 0.3 is 0 Å². The van der Waals surface area contributed by atoms with E-state index >= 15 is 0 Å². The van der Waals surface area contributed by atoms with Gasteiger partial charge in [-0.15, -0.1) is 0 Å². The number of aromatic nitrogens is 1. The van der Waals surface area contributed by atoms with Crippen molar-refractivity contribution in [3.8, 4) is 0 Å². The zero-order chi connectivity index (χ0) is 11.5. The van der Waals surface area contributed by atoms with Gasteiger partial charge in [-0.3, -0.25) is 0 Å². The van der Waals surface area contributed by atoms with E-state index in [0.29, 0.717) is 6.04 Å². The van der Waals surface area contributed by atoms with E-state index in [-0.39, 0.29) is 0 Å². The smallest absolute Gasteiger partial charge is 0.139 e. The molecule has 0 bridgehead atoms. The largest absolute Gasteiger partial charge is 0.464 e. The Labute approximate surface area is 100 Å². The van der Waals surface area contributed by atoms with E-state index in [1.807, 2.05) is 12.1 Å². The third-order valence-electron chi connectivity index (χ3n) is 3.33. The average molecular weight is 231 g/mol. The van der Waals surface area contributed by atoms with Crippen LogP contribution in [0.3, 0.4) is 0 Å². The number of rotatable bonds is 4. The van der Waals surface area contributed by atoms with Crippen molar-refractivity contribution in [2.75, 3.05) is 18.4 Å². The Morgan fingerprint density at radius 3 is 3.35 bits per heavy atom. The minimum Gasteiger partial charge on any atom is -0.464 e. The first-order valence-corrected chi connectivity index (χ1v) is 6.23. The Kier molecular flexibility index (Phi) is 2.96. The summed E-state index contributed by atoms with van der Waals surface area (Å²) in [6, 6.07) is 4.52. The van der Waals surface area contributed by atoms with Crippen molar-refractivity contribution in [2.24, 2.45) is 0 Å². The maximum atomic E-state index is 5.35. The molecule has 3 heterocycles. The van der Waals surface area contributed by atoms with Gasteiger partial charge in [0.2, 0.25) is 0 Å². The summed E-state index contributed by atoms with van der Waals surface area (Å²) < 4.78 is 5.35. The molecule has 90 valence electrons. The third kappa shape index (κ3) is 2.26. The van der Waals surface area contributed by atoms with E-state index < -0.39 is 0 Å². The van der Waals surface area contributed by atoms with E-state index in [0.717, 1.165) is 29.8 Å². The van der Waals surface area contributed by atoms with Crippen LogP contribution in [0.4, 0.5) is 5.82 Å². The molecule has 17 heavy (non-hydrogen) atoms. The summed E-state index contributed by atoms with van der Waals surface area (Å²) in [6.07, 6.45) is 7.24. The Morgan fingerprint density at radius 2 is 2.47 bits per heavy atom. The van der Waals surface area contributed by atoms with Crippen molar-refractivity contribution in [2.45, 2.75) is 25.3 Å². The first-order valence-electron chi connectivity index (χ1n) is 6.23. The monoisotopic (exact) mass is 231 g/mol. The fourth-order valence-corrected chi connectivity index (χ4v) is 2.40. The highest BCUT2D eigenvalue weighted by molar-refractivity contribution is 5.87. The molecule has 1 aliphatic heterocycles. The fourth-order valence-electron chi connectivity index (χ4n) is 2.40. The number of hydrogen-bond donors (Lipinski definition) is 2. The van der Waals surface area contributed by atoms with Gasteiger partial charge in [-0.2, -0.15) is 0 Å². The lowest BCUT2D eigenvalue weighted by molar-refractivity contribution is 0.574. The molecule has 2 aromatic heterocycles. The predicted octanol–water partition coefficient (Wildman–Crippen LogP) is 2.38. The Hall–Kier alpha value is -1.55. The number of anilines is 1. The molecule has 0 aliphatic carbocycles. The van der Waals surface area contributed by atoms with Gasteiger partial charge in [0.1, 0.15) is 11.4 Å². The average Bonchev–Trinajstić information content (AvgIpc) is 2.99. The molecular weight excluding hydrogens is 214 g/mol. The van der Waals surface area contributed by atoms with Crippen LogP contribution in [0.5, 0.6) is 0 Å². The second-order valence-corrected chi connectivity index (χ2v) is 4.50. The first kappa shape index (κ1) is 10.6. The molecular formula is C13H17N3O. The lowest BCUT2D eigenvalue weighted by Crippen LogP contribution is -2.24. The number of nitrogens with zero attached hydrogens (tertiary/aromatic N) is 1. The second-order valence-electron chi connectivity index (χ2n) is 4.50. The minimum atomic E-state index is 0.672. The van der Waals surface area contributed by atoms with E-state index in [1.54, 1.807) is 12.5 Å². The first-order chi connectivity index (χ1) is 8.43. The number of nitrogens with one attached hydrogen (secondary N) is 2. The van der Waals surface area contributed by atoms with Crippen LogP contribution < -0.4 is 10.6 Å². The lowest BCUT2D eigenvalue weighted by Gasteiger charge is -2.11. The lowest BCUT2D eigenvalue weighted by atomic mass is 10.1. The van der Waals surface area contributed by atoms with Crippen LogP contribution in [0, 0.1) is 0 Å². The summed E-state index contributed by atoms with van der Waals surface area (Å²) in [5, 5.41) is 7.95. The van der Waals surface area contributed by atoms with Gasteiger partial charge in [0.05, 0.1) is 11.6 Å². The summed E-state index contributed by atoms with van der Waals surface area (Å²) in [4.78, 5) is 4.35. The highest BCUT2D eigenvalue weighted by Crippen LogP contribution is 2.21. The highest BCUT2D eigenvalue weighted by atomic mass is 16.3. The second kappa shape index (κ2) is 4.75. The van der Waals surface area contributed by atoms with E-state index in [9.17, 15) is 0 Å². The molecule has 0 radical (unpaired) electrons. The normalized spacial score (nSPS) is 19.9. The van der Waals surface area contributed by atoms with Crippen molar-refractivity contribution < 1.29 is 4.42 Å². The van der Waals surface area contributed by atoms with E-state index in [1.165, 1.54) is 19.4 Å². The molecule has 0 amide bonds. The number of pyridine rings is 1. The van der Waals surface area contributed by atoms with Gasteiger partial charge in [-0.25, -0.2) is 4.98 Å². The van der Waals surface area contributed by atoms with Gasteiger partial charge < -0.3 is 15.1 Å². The highest BCUT2D eigenvalue weighted by Gasteiger charge is 2.13. The number of hydrogen-bond acceptors (Lipinski definition) is 4. The maximum absolute atomic E-state index is 5.35. The van der Waals surface area contributed by atoms with Gasteiger partial charge in [-0.05, 0) is 37.9 Å². The van der Waals surface area contributed by atoms with Crippen molar-refractivity contribution in [3.63, 3.8) is 0 Å². The van der Waals surface area contributed by atoms with Crippen molar-refractivity contribution in [1.82, 2.24) is 10.3 Å². The SMILES string of the molecule is c1cc2occc2c(NCCC2CCCN2)n1. The fraction of sp³-hybridized carbons (Fsp3) is 0.462. The van der Waals surface area contributed by atoms with Gasteiger partial charge in [0.25, 0.3) is 0 Å². The van der Waals surface area contributed by atoms with E-state index in [4.69, 9.17) is 4.42 Å². The summed E-state index contributed by atoms with van der Waals surface area (Å²) in [7, 11) is 0. The molecule has 1 saturated heterocycles. The predicted molar refractivity (Wildman–Crippen MR) is 68.1 cm³/mol. The summed E-state index contributed by atoms with van der Waals surface area (Å²) in [5.74, 6) is 0.925. The molecule has 3 rings (SSSR count). The zero-order valence-electron chi connectivity index (χ0n) is 9.78. The third-order valence-corrected chi connectivity index (χ3v) is 3.33. The molecule has 2 N–H and O–H groups in total. The van der Waals surface area contributed by atoms with Crippen LogP contribution in [0.15, 0.2) is 29.0 Å². The molecule has 2 aromatic rings. The Morgan fingerprint density at radius 1 is 1.47 bits per heavy atom. The van der Waals surface area contributed by atoms with Crippen molar-refractivity contribution in [1.29, 1.82) is 0 Å². The molecule has 1 aliphatic rings. The Balaban J connectivity index is 1.62. The maximum Gasteiger partial charge on any atom is 0.139 e. The molecule has 0 spiro atoms. The van der Waals surface area contributed by atoms with Gasteiger partial charge in [0.15, 0.2) is 0 Å². The van der Waals surface area contributed by atoms with Crippen LogP contribution in [-0.4, -0.2) is 24.1 Å². The van der Waals surface area contributed by atoms with Crippen LogP contribution in [0.1, 0.15) is 19.3 Å². The van der Waals surface area contributed by atoms with Crippen LogP contribution in [0.2, 0.25) is 0 Å². The van der Waals surface area contributed by atoms with Crippen molar-refractivity contribution in [3.05, 3.63) is 24.6 Å². The molecule has 4 nitrogen and oxygen atoms in total.